The molecule has 1 heterocycles. The fraction of sp³-hybridized carbons (Fsp3) is 0.750. The Balaban J connectivity index is 2.89. The Bertz CT molecular complexity index is 439. The number of halogens is 1. The molecule has 7 heteroatoms. The van der Waals surface area contributed by atoms with Crippen molar-refractivity contribution < 1.29 is 8.42 Å². The van der Waals surface area contributed by atoms with Gasteiger partial charge in [0.05, 0.1) is 5.75 Å². The lowest BCUT2D eigenvalue weighted by Crippen LogP contribution is -2.14. The summed E-state index contributed by atoms with van der Waals surface area (Å²) in [5.74, 6) is 0.929. The van der Waals surface area contributed by atoms with E-state index in [0.717, 1.165) is 0 Å². The van der Waals surface area contributed by atoms with Crippen molar-refractivity contribution in [1.29, 1.82) is 0 Å². The van der Waals surface area contributed by atoms with Crippen LogP contribution >= 0.6 is 11.6 Å². The number of sulfone groups is 1. The highest BCUT2D eigenvalue weighted by Gasteiger charge is 2.14. The van der Waals surface area contributed by atoms with Crippen LogP contribution < -0.4 is 0 Å². The molecule has 0 aliphatic carbocycles. The quantitative estimate of drug-likeness (QED) is 0.804. The summed E-state index contributed by atoms with van der Waals surface area (Å²) in [5.41, 5.74) is 0. The summed E-state index contributed by atoms with van der Waals surface area (Å²) in [7, 11) is -2.99. The topological polar surface area (TPSA) is 64.8 Å². The second kappa shape index (κ2) is 4.49. The van der Waals surface area contributed by atoms with Gasteiger partial charge in [-0.25, -0.2) is 8.42 Å². The van der Waals surface area contributed by atoms with Crippen molar-refractivity contribution in [3.8, 4) is 0 Å². The fourth-order valence-corrected chi connectivity index (χ4v) is 1.91. The lowest BCUT2D eigenvalue weighted by Gasteiger charge is -2.08. The van der Waals surface area contributed by atoms with E-state index in [2.05, 4.69) is 10.2 Å². The minimum absolute atomic E-state index is 0.0461. The van der Waals surface area contributed by atoms with Crippen LogP contribution in [0.1, 0.15) is 25.6 Å². The highest BCUT2D eigenvalue weighted by Crippen LogP contribution is 2.16. The Hall–Kier alpha value is -0.620. The molecule has 0 N–H and O–H groups in total. The lowest BCUT2D eigenvalue weighted by atomic mass is 10.2. The van der Waals surface area contributed by atoms with E-state index < -0.39 is 9.84 Å². The molecule has 0 saturated heterocycles. The maximum absolute atomic E-state index is 11.0. The van der Waals surface area contributed by atoms with Gasteiger partial charge in [-0.15, -0.1) is 10.2 Å². The molecule has 0 fully saturated rings. The third-order valence-corrected chi connectivity index (χ3v) is 3.14. The molecule has 1 aromatic heterocycles. The summed E-state index contributed by atoms with van der Waals surface area (Å²) in [6, 6.07) is 0. The van der Waals surface area contributed by atoms with Gasteiger partial charge in [0.15, 0.2) is 0 Å². The molecular formula is C8H14ClN3O2S. The van der Waals surface area contributed by atoms with E-state index in [9.17, 15) is 8.42 Å². The zero-order valence-corrected chi connectivity index (χ0v) is 10.5. The van der Waals surface area contributed by atoms with Crippen LogP contribution in [-0.4, -0.2) is 35.2 Å². The van der Waals surface area contributed by atoms with Crippen LogP contribution in [0.2, 0.25) is 5.28 Å². The molecule has 0 spiro atoms. The Morgan fingerprint density at radius 3 is 2.47 bits per heavy atom. The predicted molar refractivity (Wildman–Crippen MR) is 58.8 cm³/mol. The van der Waals surface area contributed by atoms with Gasteiger partial charge in [-0.05, 0) is 11.6 Å². The van der Waals surface area contributed by atoms with Crippen molar-refractivity contribution in [3.63, 3.8) is 0 Å². The zero-order chi connectivity index (χ0) is 11.6. The van der Waals surface area contributed by atoms with Gasteiger partial charge in [0.2, 0.25) is 5.28 Å². The van der Waals surface area contributed by atoms with Gasteiger partial charge >= 0.3 is 0 Å². The first-order valence-electron chi connectivity index (χ1n) is 4.57. The van der Waals surface area contributed by atoms with Crippen molar-refractivity contribution in [1.82, 2.24) is 14.8 Å². The van der Waals surface area contributed by atoms with E-state index in [1.54, 1.807) is 4.57 Å². The molecule has 15 heavy (non-hydrogen) atoms. The van der Waals surface area contributed by atoms with E-state index in [0.29, 0.717) is 12.4 Å². The highest BCUT2D eigenvalue weighted by molar-refractivity contribution is 7.90. The number of hydrogen-bond donors (Lipinski definition) is 0. The van der Waals surface area contributed by atoms with E-state index in [4.69, 9.17) is 11.6 Å². The number of rotatable bonds is 4. The molecule has 0 aromatic carbocycles. The first kappa shape index (κ1) is 12.4. The Kier molecular flexibility index (Phi) is 3.72. The Morgan fingerprint density at radius 1 is 1.40 bits per heavy atom. The van der Waals surface area contributed by atoms with Crippen LogP contribution in [0, 0.1) is 0 Å². The van der Waals surface area contributed by atoms with Crippen molar-refractivity contribution in [2.45, 2.75) is 26.3 Å². The van der Waals surface area contributed by atoms with Gasteiger partial charge in [-0.2, -0.15) is 0 Å². The second-order valence-corrected chi connectivity index (χ2v) is 6.36. The molecule has 1 rings (SSSR count). The van der Waals surface area contributed by atoms with E-state index in [1.807, 2.05) is 13.8 Å². The molecule has 5 nitrogen and oxygen atoms in total. The van der Waals surface area contributed by atoms with Crippen LogP contribution in [0.3, 0.4) is 0 Å². The second-order valence-electron chi connectivity index (χ2n) is 3.76. The molecule has 0 aliphatic heterocycles. The Labute approximate surface area is 94.4 Å². The third kappa shape index (κ3) is 3.46. The van der Waals surface area contributed by atoms with Gasteiger partial charge in [0.1, 0.15) is 15.7 Å². The molecule has 0 unspecified atom stereocenters. The molecule has 86 valence electrons. The first-order chi connectivity index (χ1) is 6.81. The molecular weight excluding hydrogens is 238 g/mol. The third-order valence-electron chi connectivity index (χ3n) is 1.94. The number of aromatic nitrogens is 3. The van der Waals surface area contributed by atoms with Crippen LogP contribution in [0.25, 0.3) is 0 Å². The normalized spacial score (nSPS) is 12.3. The van der Waals surface area contributed by atoms with Gasteiger partial charge < -0.3 is 4.57 Å². The lowest BCUT2D eigenvalue weighted by molar-refractivity contribution is 0.588. The van der Waals surface area contributed by atoms with Crippen molar-refractivity contribution in [2.24, 2.45) is 0 Å². The summed E-state index contributed by atoms with van der Waals surface area (Å²) >= 11 is 5.81. The zero-order valence-electron chi connectivity index (χ0n) is 8.94. The average molecular weight is 252 g/mol. The molecule has 0 saturated carbocycles. The Morgan fingerprint density at radius 2 is 2.00 bits per heavy atom. The molecule has 0 aliphatic rings. The minimum atomic E-state index is -2.99. The minimum Gasteiger partial charge on any atom is -0.301 e. The molecule has 0 radical (unpaired) electrons. The smallest absolute Gasteiger partial charge is 0.225 e. The van der Waals surface area contributed by atoms with Crippen molar-refractivity contribution in [3.05, 3.63) is 11.1 Å². The largest absolute Gasteiger partial charge is 0.301 e. The van der Waals surface area contributed by atoms with Gasteiger partial charge in [-0.1, -0.05) is 13.8 Å². The molecule has 0 amide bonds. The summed E-state index contributed by atoms with van der Waals surface area (Å²) < 4.78 is 23.7. The molecule has 0 bridgehead atoms. The van der Waals surface area contributed by atoms with Crippen LogP contribution in [-0.2, 0) is 16.4 Å². The van der Waals surface area contributed by atoms with Crippen LogP contribution in [0.4, 0.5) is 0 Å². The maximum atomic E-state index is 11.0. The van der Waals surface area contributed by atoms with Crippen LogP contribution in [0.15, 0.2) is 0 Å². The number of nitrogens with zero attached hydrogens (tertiary/aromatic N) is 3. The van der Waals surface area contributed by atoms with Gasteiger partial charge in [-0.3, -0.25) is 0 Å². The maximum Gasteiger partial charge on any atom is 0.225 e. The summed E-state index contributed by atoms with van der Waals surface area (Å²) in [6.45, 7) is 4.22. The average Bonchev–Trinajstić information content (AvgIpc) is 2.42. The SMILES string of the molecule is CC(C)c1nnc(Cl)n1CCS(C)(=O)=O. The summed E-state index contributed by atoms with van der Waals surface area (Å²) in [6.07, 6.45) is 1.19. The fourth-order valence-electron chi connectivity index (χ4n) is 1.19. The monoisotopic (exact) mass is 251 g/mol. The van der Waals surface area contributed by atoms with Crippen LogP contribution in [0.5, 0.6) is 0 Å². The van der Waals surface area contributed by atoms with Gasteiger partial charge in [0, 0.05) is 18.7 Å². The predicted octanol–water partition coefficient (Wildman–Crippen LogP) is 1.10. The first-order valence-corrected chi connectivity index (χ1v) is 7.01. The summed E-state index contributed by atoms with van der Waals surface area (Å²) in [5, 5.41) is 7.86. The molecule has 1 aromatic rings. The van der Waals surface area contributed by atoms with Gasteiger partial charge in [0.25, 0.3) is 0 Å². The number of hydrogen-bond acceptors (Lipinski definition) is 4. The summed E-state index contributed by atoms with van der Waals surface area (Å²) in [4.78, 5) is 0. The highest BCUT2D eigenvalue weighted by atomic mass is 35.5. The van der Waals surface area contributed by atoms with E-state index >= 15 is 0 Å². The van der Waals surface area contributed by atoms with E-state index in [-0.39, 0.29) is 17.0 Å². The molecule has 0 atom stereocenters. The van der Waals surface area contributed by atoms with Crippen molar-refractivity contribution >= 4 is 21.4 Å². The van der Waals surface area contributed by atoms with E-state index in [1.165, 1.54) is 6.26 Å². The standard InChI is InChI=1S/C8H14ClN3O2S/c1-6(2)7-10-11-8(9)12(7)4-5-15(3,13)14/h6H,4-5H2,1-3H3. The van der Waals surface area contributed by atoms with Crippen molar-refractivity contribution in [2.75, 3.05) is 12.0 Å².